The van der Waals surface area contributed by atoms with Crippen LogP contribution in [0, 0.1) is 6.92 Å². The van der Waals surface area contributed by atoms with Crippen LogP contribution in [0.5, 0.6) is 0 Å². The van der Waals surface area contributed by atoms with Gasteiger partial charge in [-0.3, -0.25) is 9.59 Å². The van der Waals surface area contributed by atoms with E-state index in [0.717, 1.165) is 0 Å². The van der Waals surface area contributed by atoms with Gasteiger partial charge in [-0.25, -0.2) is 4.68 Å². The lowest BCUT2D eigenvalue weighted by Crippen LogP contribution is -2.33. The van der Waals surface area contributed by atoms with Crippen molar-refractivity contribution in [2.24, 2.45) is 0 Å². The van der Waals surface area contributed by atoms with Gasteiger partial charge in [-0.05, 0) is 23.8 Å². The van der Waals surface area contributed by atoms with Gasteiger partial charge in [0.2, 0.25) is 5.91 Å². The van der Waals surface area contributed by atoms with Crippen LogP contribution in [0.25, 0.3) is 0 Å². The third kappa shape index (κ3) is 1.73. The Hall–Kier alpha value is -1.99. The third-order valence-corrected chi connectivity index (χ3v) is 2.55. The van der Waals surface area contributed by atoms with Crippen LogP contribution in [-0.4, -0.2) is 55.2 Å². The summed E-state index contributed by atoms with van der Waals surface area (Å²) in [7, 11) is 0. The summed E-state index contributed by atoms with van der Waals surface area (Å²) < 4.78 is 1.43. The van der Waals surface area contributed by atoms with E-state index in [1.807, 2.05) is 0 Å². The minimum Gasteiger partial charge on any atom is -0.480 e. The number of carboxylic acid groups (broad SMARTS) is 1. The largest absolute Gasteiger partial charge is 0.480 e. The Balaban J connectivity index is 2.13. The number of hydrogen-bond acceptors (Lipinski definition) is 5. The van der Waals surface area contributed by atoms with Crippen molar-refractivity contribution in [3.05, 3.63) is 5.82 Å². The van der Waals surface area contributed by atoms with E-state index in [2.05, 4.69) is 15.5 Å². The van der Waals surface area contributed by atoms with Crippen molar-refractivity contribution < 1.29 is 14.7 Å². The van der Waals surface area contributed by atoms with Crippen molar-refractivity contribution in [1.82, 2.24) is 25.1 Å². The van der Waals surface area contributed by atoms with Crippen molar-refractivity contribution in [3.63, 3.8) is 0 Å². The van der Waals surface area contributed by atoms with Gasteiger partial charge in [0, 0.05) is 6.54 Å². The molecule has 2 heterocycles. The highest BCUT2D eigenvalue weighted by molar-refractivity contribution is 5.85. The predicted molar refractivity (Wildman–Crippen MR) is 50.4 cm³/mol. The molecule has 0 spiro atoms. The summed E-state index contributed by atoms with van der Waals surface area (Å²) >= 11 is 0. The number of tetrazole rings is 1. The first-order chi connectivity index (χ1) is 7.59. The lowest BCUT2D eigenvalue weighted by atomic mass is 10.2. The molecule has 1 N–H and O–H groups in total. The normalized spacial score (nSPS) is 20.4. The number of aliphatic carboxylic acids is 1. The SMILES string of the molecule is Cc1nnnn1C1CCN(CC(=O)O)C1=O. The van der Waals surface area contributed by atoms with Crippen LogP contribution in [0.4, 0.5) is 0 Å². The van der Waals surface area contributed by atoms with Crippen LogP contribution in [0.2, 0.25) is 0 Å². The number of amides is 1. The zero-order chi connectivity index (χ0) is 11.7. The summed E-state index contributed by atoms with van der Waals surface area (Å²) in [6.45, 7) is 1.86. The molecule has 16 heavy (non-hydrogen) atoms. The average molecular weight is 225 g/mol. The highest BCUT2D eigenvalue weighted by Gasteiger charge is 2.35. The fourth-order valence-corrected chi connectivity index (χ4v) is 1.80. The highest BCUT2D eigenvalue weighted by atomic mass is 16.4. The number of carbonyl (C=O) groups excluding carboxylic acids is 1. The molecule has 1 saturated heterocycles. The van der Waals surface area contributed by atoms with Gasteiger partial charge in [0.05, 0.1) is 0 Å². The fourth-order valence-electron chi connectivity index (χ4n) is 1.80. The van der Waals surface area contributed by atoms with Crippen molar-refractivity contribution >= 4 is 11.9 Å². The van der Waals surface area contributed by atoms with Crippen LogP contribution in [-0.2, 0) is 9.59 Å². The summed E-state index contributed by atoms with van der Waals surface area (Å²) in [6, 6.07) is -0.464. The van der Waals surface area contributed by atoms with E-state index in [9.17, 15) is 9.59 Å². The molecular formula is C8H11N5O3. The standard InChI is InChI=1S/C8H11N5O3/c1-5-9-10-11-13(5)6-2-3-12(8(6)16)4-7(14)15/h6H,2-4H2,1H3,(H,14,15). The molecule has 1 atom stereocenters. The molecule has 0 bridgehead atoms. The second-order valence-electron chi connectivity index (χ2n) is 3.63. The van der Waals surface area contributed by atoms with Gasteiger partial charge in [0.1, 0.15) is 18.4 Å². The van der Waals surface area contributed by atoms with Crippen LogP contribution >= 0.6 is 0 Å². The second-order valence-corrected chi connectivity index (χ2v) is 3.63. The summed E-state index contributed by atoms with van der Waals surface area (Å²) in [5.74, 6) is -0.698. The number of rotatable bonds is 3. The maximum Gasteiger partial charge on any atom is 0.323 e. The smallest absolute Gasteiger partial charge is 0.323 e. The molecule has 8 heteroatoms. The van der Waals surface area contributed by atoms with E-state index >= 15 is 0 Å². The Bertz CT molecular complexity index is 429. The van der Waals surface area contributed by atoms with Crippen LogP contribution in [0.15, 0.2) is 0 Å². The molecule has 0 aromatic carbocycles. The predicted octanol–water partition coefficient (Wildman–Crippen LogP) is -1.16. The van der Waals surface area contributed by atoms with Gasteiger partial charge in [0.15, 0.2) is 0 Å². The molecular weight excluding hydrogens is 214 g/mol. The monoisotopic (exact) mass is 225 g/mol. The Labute approximate surface area is 90.8 Å². The minimum absolute atomic E-state index is 0.238. The molecule has 0 saturated carbocycles. The lowest BCUT2D eigenvalue weighted by Gasteiger charge is -2.13. The average Bonchev–Trinajstić information content (AvgIpc) is 2.75. The zero-order valence-electron chi connectivity index (χ0n) is 8.70. The maximum absolute atomic E-state index is 11.8. The number of hydrogen-bond donors (Lipinski definition) is 1. The third-order valence-electron chi connectivity index (χ3n) is 2.55. The Kier molecular flexibility index (Phi) is 2.55. The molecule has 1 aromatic rings. The molecule has 2 rings (SSSR count). The molecule has 8 nitrogen and oxygen atoms in total. The van der Waals surface area contributed by atoms with Gasteiger partial charge in [0.25, 0.3) is 0 Å². The second kappa shape index (κ2) is 3.87. The quantitative estimate of drug-likeness (QED) is 0.696. The summed E-state index contributed by atoms with van der Waals surface area (Å²) in [4.78, 5) is 23.7. The molecule has 1 fully saturated rings. The van der Waals surface area contributed by atoms with E-state index in [0.29, 0.717) is 18.8 Å². The van der Waals surface area contributed by atoms with Gasteiger partial charge >= 0.3 is 5.97 Å². The lowest BCUT2D eigenvalue weighted by molar-refractivity contribution is -0.143. The first-order valence-electron chi connectivity index (χ1n) is 4.84. The maximum atomic E-state index is 11.8. The van der Waals surface area contributed by atoms with E-state index in [4.69, 9.17) is 5.11 Å². The summed E-state index contributed by atoms with van der Waals surface area (Å²) in [6.07, 6.45) is 0.540. The molecule has 86 valence electrons. The Morgan fingerprint density at radius 1 is 1.62 bits per heavy atom. The topological polar surface area (TPSA) is 101 Å². The van der Waals surface area contributed by atoms with E-state index < -0.39 is 12.0 Å². The molecule has 1 aromatic heterocycles. The Morgan fingerprint density at radius 3 is 2.94 bits per heavy atom. The van der Waals surface area contributed by atoms with Crippen molar-refractivity contribution in [1.29, 1.82) is 0 Å². The van der Waals surface area contributed by atoms with E-state index in [1.165, 1.54) is 9.58 Å². The van der Waals surface area contributed by atoms with Crippen molar-refractivity contribution in [2.45, 2.75) is 19.4 Å². The molecule has 1 aliphatic rings. The number of carbonyl (C=O) groups is 2. The highest BCUT2D eigenvalue weighted by Crippen LogP contribution is 2.22. The van der Waals surface area contributed by atoms with Gasteiger partial charge in [-0.15, -0.1) is 5.10 Å². The van der Waals surface area contributed by atoms with Crippen LogP contribution in [0.1, 0.15) is 18.3 Å². The molecule has 1 unspecified atom stereocenters. The zero-order valence-corrected chi connectivity index (χ0v) is 8.70. The number of carboxylic acids is 1. The Morgan fingerprint density at radius 2 is 2.38 bits per heavy atom. The molecule has 0 aliphatic carbocycles. The number of aryl methyl sites for hydroxylation is 1. The summed E-state index contributed by atoms with van der Waals surface area (Å²) in [5, 5.41) is 19.5. The first-order valence-corrected chi connectivity index (χ1v) is 4.84. The number of likely N-dealkylation sites (tertiary alicyclic amines) is 1. The molecule has 1 aliphatic heterocycles. The van der Waals surface area contributed by atoms with Crippen molar-refractivity contribution in [3.8, 4) is 0 Å². The van der Waals surface area contributed by atoms with Gasteiger partial charge in [-0.1, -0.05) is 0 Å². The number of nitrogens with zero attached hydrogens (tertiary/aromatic N) is 5. The molecule has 0 radical (unpaired) electrons. The minimum atomic E-state index is -1.01. The van der Waals surface area contributed by atoms with Crippen LogP contribution in [0.3, 0.4) is 0 Å². The first kappa shape index (κ1) is 10.5. The van der Waals surface area contributed by atoms with Crippen LogP contribution < -0.4 is 0 Å². The van der Waals surface area contributed by atoms with Crippen molar-refractivity contribution in [2.75, 3.05) is 13.1 Å². The molecule has 1 amide bonds. The van der Waals surface area contributed by atoms with Gasteiger partial charge in [-0.2, -0.15) is 0 Å². The number of aromatic nitrogens is 4. The van der Waals surface area contributed by atoms with E-state index in [1.54, 1.807) is 6.92 Å². The summed E-state index contributed by atoms with van der Waals surface area (Å²) in [5.41, 5.74) is 0. The fraction of sp³-hybridized carbons (Fsp3) is 0.625. The van der Waals surface area contributed by atoms with E-state index in [-0.39, 0.29) is 12.5 Å². The van der Waals surface area contributed by atoms with Gasteiger partial charge < -0.3 is 10.0 Å².